The van der Waals surface area contributed by atoms with Gasteiger partial charge in [0.1, 0.15) is 0 Å². The summed E-state index contributed by atoms with van der Waals surface area (Å²) in [7, 11) is 0. The Labute approximate surface area is 109 Å². The predicted octanol–water partition coefficient (Wildman–Crippen LogP) is 1.61. The zero-order valence-electron chi connectivity index (χ0n) is 11.3. The average molecular weight is 255 g/mol. The van der Waals surface area contributed by atoms with Crippen molar-refractivity contribution in [1.82, 2.24) is 5.32 Å². The van der Waals surface area contributed by atoms with Crippen LogP contribution in [-0.2, 0) is 9.53 Å². The van der Waals surface area contributed by atoms with E-state index in [1.165, 1.54) is 0 Å². The maximum atomic E-state index is 12.0. The summed E-state index contributed by atoms with van der Waals surface area (Å²) in [6, 6.07) is 0. The molecular weight excluding hydrogens is 230 g/mol. The Bertz CT molecular complexity index is 279. The SMILES string of the molecule is CC1CCC(CO)(NC(=O)CC2CCCO2)CC1. The molecule has 0 radical (unpaired) electrons. The summed E-state index contributed by atoms with van der Waals surface area (Å²) < 4.78 is 5.47. The lowest BCUT2D eigenvalue weighted by Crippen LogP contribution is -2.53. The smallest absolute Gasteiger partial charge is 0.223 e. The molecule has 1 saturated heterocycles. The first kappa shape index (κ1) is 13.8. The molecular formula is C14H25NO3. The number of aliphatic hydroxyl groups is 1. The highest BCUT2D eigenvalue weighted by atomic mass is 16.5. The minimum Gasteiger partial charge on any atom is -0.394 e. The van der Waals surface area contributed by atoms with Gasteiger partial charge in [-0.05, 0) is 44.4 Å². The third-order valence-electron chi connectivity index (χ3n) is 4.38. The minimum absolute atomic E-state index is 0.0329. The summed E-state index contributed by atoms with van der Waals surface area (Å²) in [4.78, 5) is 12.0. The van der Waals surface area contributed by atoms with Crippen LogP contribution in [0.15, 0.2) is 0 Å². The fraction of sp³-hybridized carbons (Fsp3) is 0.929. The lowest BCUT2D eigenvalue weighted by Gasteiger charge is -2.39. The van der Waals surface area contributed by atoms with Crippen LogP contribution >= 0.6 is 0 Å². The summed E-state index contributed by atoms with van der Waals surface area (Å²) in [5, 5.41) is 12.7. The molecule has 4 nitrogen and oxygen atoms in total. The summed E-state index contributed by atoms with van der Waals surface area (Å²) in [5.41, 5.74) is -0.373. The van der Waals surface area contributed by atoms with Crippen LogP contribution in [0.2, 0.25) is 0 Å². The van der Waals surface area contributed by atoms with Gasteiger partial charge in [0, 0.05) is 6.61 Å². The second-order valence-electron chi connectivity index (χ2n) is 6.01. The van der Waals surface area contributed by atoms with Gasteiger partial charge in [-0.1, -0.05) is 6.92 Å². The monoisotopic (exact) mass is 255 g/mol. The minimum atomic E-state index is -0.373. The van der Waals surface area contributed by atoms with E-state index >= 15 is 0 Å². The van der Waals surface area contributed by atoms with E-state index in [2.05, 4.69) is 12.2 Å². The zero-order chi connectivity index (χ0) is 13.0. The molecule has 1 amide bonds. The molecule has 2 N–H and O–H groups in total. The lowest BCUT2D eigenvalue weighted by molar-refractivity contribution is -0.126. The van der Waals surface area contributed by atoms with Crippen molar-refractivity contribution in [2.45, 2.75) is 63.5 Å². The van der Waals surface area contributed by atoms with Gasteiger partial charge in [0.05, 0.1) is 24.7 Å². The van der Waals surface area contributed by atoms with E-state index in [9.17, 15) is 9.90 Å². The summed E-state index contributed by atoms with van der Waals surface area (Å²) in [6.45, 7) is 3.06. The standard InChI is InChI=1S/C14H25NO3/c1-11-4-6-14(10-16,7-5-11)15-13(17)9-12-3-2-8-18-12/h11-12,16H,2-10H2,1H3,(H,15,17). The molecule has 1 heterocycles. The highest BCUT2D eigenvalue weighted by molar-refractivity contribution is 5.77. The largest absolute Gasteiger partial charge is 0.394 e. The van der Waals surface area contributed by atoms with Crippen molar-refractivity contribution < 1.29 is 14.6 Å². The van der Waals surface area contributed by atoms with Crippen molar-refractivity contribution in [3.8, 4) is 0 Å². The van der Waals surface area contributed by atoms with Gasteiger partial charge in [-0.15, -0.1) is 0 Å². The number of ether oxygens (including phenoxy) is 1. The molecule has 1 atom stereocenters. The number of carbonyl (C=O) groups excluding carboxylic acids is 1. The molecule has 2 rings (SSSR count). The second-order valence-corrected chi connectivity index (χ2v) is 6.01. The van der Waals surface area contributed by atoms with E-state index in [1.54, 1.807) is 0 Å². The fourth-order valence-corrected chi connectivity index (χ4v) is 3.00. The first-order chi connectivity index (χ1) is 8.63. The summed E-state index contributed by atoms with van der Waals surface area (Å²) in [6.07, 6.45) is 6.52. The predicted molar refractivity (Wildman–Crippen MR) is 69.2 cm³/mol. The molecule has 2 aliphatic rings. The summed E-state index contributed by atoms with van der Waals surface area (Å²) in [5.74, 6) is 0.741. The zero-order valence-corrected chi connectivity index (χ0v) is 11.3. The molecule has 2 fully saturated rings. The van der Waals surface area contributed by atoms with Crippen LogP contribution in [0, 0.1) is 5.92 Å². The number of carbonyl (C=O) groups is 1. The van der Waals surface area contributed by atoms with Crippen LogP contribution in [0.25, 0.3) is 0 Å². The Kier molecular flexibility index (Phi) is 4.62. The van der Waals surface area contributed by atoms with E-state index in [0.717, 1.165) is 45.1 Å². The van der Waals surface area contributed by atoms with Gasteiger partial charge in [0.15, 0.2) is 0 Å². The molecule has 0 aromatic rings. The van der Waals surface area contributed by atoms with Gasteiger partial charge in [-0.3, -0.25) is 4.79 Å². The van der Waals surface area contributed by atoms with Crippen LogP contribution < -0.4 is 5.32 Å². The number of amides is 1. The Morgan fingerprint density at radius 1 is 1.39 bits per heavy atom. The van der Waals surface area contributed by atoms with Crippen LogP contribution in [0.1, 0.15) is 51.9 Å². The van der Waals surface area contributed by atoms with Crippen molar-refractivity contribution in [2.24, 2.45) is 5.92 Å². The fourth-order valence-electron chi connectivity index (χ4n) is 3.00. The maximum Gasteiger partial charge on any atom is 0.223 e. The summed E-state index contributed by atoms with van der Waals surface area (Å²) >= 11 is 0. The Balaban J connectivity index is 1.83. The van der Waals surface area contributed by atoms with Gasteiger partial charge < -0.3 is 15.2 Å². The highest BCUT2D eigenvalue weighted by Crippen LogP contribution is 2.31. The van der Waals surface area contributed by atoms with Crippen LogP contribution in [-0.4, -0.2) is 35.9 Å². The molecule has 4 heteroatoms. The van der Waals surface area contributed by atoms with Gasteiger partial charge in [0.2, 0.25) is 5.91 Å². The van der Waals surface area contributed by atoms with E-state index < -0.39 is 0 Å². The molecule has 0 spiro atoms. The van der Waals surface area contributed by atoms with E-state index in [1.807, 2.05) is 0 Å². The van der Waals surface area contributed by atoms with Crippen molar-refractivity contribution in [3.05, 3.63) is 0 Å². The number of aliphatic hydroxyl groups excluding tert-OH is 1. The Hall–Kier alpha value is -0.610. The molecule has 1 aliphatic carbocycles. The molecule has 1 unspecified atom stereocenters. The normalized spacial score (nSPS) is 36.6. The van der Waals surface area contributed by atoms with Crippen molar-refractivity contribution in [1.29, 1.82) is 0 Å². The molecule has 18 heavy (non-hydrogen) atoms. The topological polar surface area (TPSA) is 58.6 Å². The van der Waals surface area contributed by atoms with Crippen LogP contribution in [0.4, 0.5) is 0 Å². The molecule has 1 saturated carbocycles. The van der Waals surface area contributed by atoms with E-state index in [-0.39, 0.29) is 24.2 Å². The third kappa shape index (κ3) is 3.45. The molecule has 0 aromatic heterocycles. The van der Waals surface area contributed by atoms with E-state index in [0.29, 0.717) is 12.3 Å². The van der Waals surface area contributed by atoms with Gasteiger partial charge >= 0.3 is 0 Å². The molecule has 0 aromatic carbocycles. The van der Waals surface area contributed by atoms with Crippen LogP contribution in [0.3, 0.4) is 0 Å². The quantitative estimate of drug-likeness (QED) is 0.802. The van der Waals surface area contributed by atoms with Crippen molar-refractivity contribution in [3.63, 3.8) is 0 Å². The third-order valence-corrected chi connectivity index (χ3v) is 4.38. The van der Waals surface area contributed by atoms with Gasteiger partial charge in [-0.2, -0.15) is 0 Å². The van der Waals surface area contributed by atoms with Crippen LogP contribution in [0.5, 0.6) is 0 Å². The highest BCUT2D eigenvalue weighted by Gasteiger charge is 2.35. The Morgan fingerprint density at radius 3 is 2.67 bits per heavy atom. The average Bonchev–Trinajstić information content (AvgIpc) is 2.85. The number of nitrogens with one attached hydrogen (secondary N) is 1. The molecule has 1 aliphatic heterocycles. The maximum absolute atomic E-state index is 12.0. The number of rotatable bonds is 4. The number of hydrogen-bond acceptors (Lipinski definition) is 3. The van der Waals surface area contributed by atoms with E-state index in [4.69, 9.17) is 4.74 Å². The van der Waals surface area contributed by atoms with Gasteiger partial charge in [0.25, 0.3) is 0 Å². The molecule has 0 bridgehead atoms. The first-order valence-corrected chi connectivity index (χ1v) is 7.17. The van der Waals surface area contributed by atoms with Crippen molar-refractivity contribution >= 4 is 5.91 Å². The molecule has 104 valence electrons. The van der Waals surface area contributed by atoms with Gasteiger partial charge in [-0.25, -0.2) is 0 Å². The first-order valence-electron chi connectivity index (χ1n) is 7.17. The Morgan fingerprint density at radius 2 is 2.11 bits per heavy atom. The second kappa shape index (κ2) is 6.02. The number of hydrogen-bond donors (Lipinski definition) is 2. The lowest BCUT2D eigenvalue weighted by atomic mass is 9.77. The van der Waals surface area contributed by atoms with Crippen molar-refractivity contribution in [2.75, 3.05) is 13.2 Å².